The smallest absolute Gasteiger partial charge is 0.347 e. The fourth-order valence-corrected chi connectivity index (χ4v) is 0.981. The number of methoxy groups -OCH3 is 1. The lowest BCUT2D eigenvalue weighted by Gasteiger charge is -2.12. The molecule has 0 amide bonds. The molecule has 0 aromatic rings. The minimum atomic E-state index is 0.727. The molecule has 12 heavy (non-hydrogen) atoms. The van der Waals surface area contributed by atoms with Gasteiger partial charge in [-0.1, -0.05) is 0 Å². The number of hydrogen-bond acceptors (Lipinski definition) is 1. The molecule has 0 atom stereocenters. The Morgan fingerprint density at radius 1 is 1.42 bits per heavy atom. The lowest BCUT2D eigenvalue weighted by atomic mass is 10.6. The van der Waals surface area contributed by atoms with E-state index in [2.05, 4.69) is 5.32 Å². The van der Waals surface area contributed by atoms with Crippen LogP contribution in [0.15, 0.2) is 0 Å². The van der Waals surface area contributed by atoms with Crippen molar-refractivity contribution in [3.63, 3.8) is 0 Å². The van der Waals surface area contributed by atoms with Gasteiger partial charge in [-0.15, -0.1) is 0 Å². The second-order valence-corrected chi connectivity index (χ2v) is 3.03. The molecule has 0 spiro atoms. The van der Waals surface area contributed by atoms with Crippen LogP contribution >= 0.6 is 0 Å². The molecule has 1 N–H and O–H groups in total. The molecule has 0 aromatic heterocycles. The van der Waals surface area contributed by atoms with Gasteiger partial charge in [-0.05, 0) is 0 Å². The quantitative estimate of drug-likeness (QED) is 0.268. The second-order valence-electron chi connectivity index (χ2n) is 3.03. The van der Waals surface area contributed by atoms with E-state index < -0.39 is 0 Å². The first-order valence-corrected chi connectivity index (χ1v) is 4.04. The maximum atomic E-state index is 4.94. The Balaban J connectivity index is 3.91. The van der Waals surface area contributed by atoms with E-state index in [1.165, 1.54) is 0 Å². The molecular weight excluding hydrogens is 154 g/mol. The zero-order chi connectivity index (χ0) is 9.56. The Hall–Kier alpha value is -0.770. The Labute approximate surface area is 74.8 Å². The van der Waals surface area contributed by atoms with Crippen molar-refractivity contribution in [1.82, 2.24) is 10.2 Å². The number of rotatable bonds is 3. The van der Waals surface area contributed by atoms with Crippen molar-refractivity contribution in [1.29, 1.82) is 0 Å². The average molecular weight is 174 g/mol. The zero-order valence-electron chi connectivity index (χ0n) is 8.72. The van der Waals surface area contributed by atoms with Crippen LogP contribution in [0.3, 0.4) is 0 Å². The minimum Gasteiger partial charge on any atom is -0.381 e. The predicted octanol–water partition coefficient (Wildman–Crippen LogP) is -0.588. The van der Waals surface area contributed by atoms with E-state index in [9.17, 15) is 0 Å². The number of hydrogen-bond donors (Lipinski definition) is 1. The van der Waals surface area contributed by atoms with Gasteiger partial charge in [0.05, 0.1) is 41.3 Å². The molecule has 0 saturated carbocycles. The molecule has 0 aliphatic heterocycles. The average Bonchev–Trinajstić information content (AvgIpc) is 1.96. The van der Waals surface area contributed by atoms with Crippen molar-refractivity contribution in [2.24, 2.45) is 0 Å². The second kappa shape index (κ2) is 5.83. The summed E-state index contributed by atoms with van der Waals surface area (Å²) in [6.07, 6.45) is 0. The molecule has 0 aromatic carbocycles. The summed E-state index contributed by atoms with van der Waals surface area (Å²) in [7, 11) is 9.74. The van der Waals surface area contributed by atoms with Crippen LogP contribution < -0.4 is 5.32 Å². The first-order chi connectivity index (χ1) is 5.59. The first-order valence-electron chi connectivity index (χ1n) is 4.04. The molecule has 4 heteroatoms. The third-order valence-corrected chi connectivity index (χ3v) is 1.44. The van der Waals surface area contributed by atoms with E-state index in [0.29, 0.717) is 0 Å². The molecule has 0 unspecified atom stereocenters. The maximum Gasteiger partial charge on any atom is 0.347 e. The van der Waals surface area contributed by atoms with Gasteiger partial charge in [0.25, 0.3) is 0 Å². The number of nitrogens with zero attached hydrogens (tertiary/aromatic N) is 2. The summed E-state index contributed by atoms with van der Waals surface area (Å²) < 4.78 is 6.98. The van der Waals surface area contributed by atoms with Crippen LogP contribution in [0.2, 0.25) is 0 Å². The van der Waals surface area contributed by atoms with Crippen LogP contribution in [0, 0.1) is 0 Å². The molecular formula is C8H20N3O+. The van der Waals surface area contributed by atoms with Crippen molar-refractivity contribution < 1.29 is 9.31 Å². The number of guanidine groups is 1. The highest BCUT2D eigenvalue weighted by Crippen LogP contribution is 1.77. The summed E-state index contributed by atoms with van der Waals surface area (Å²) in [5, 5.41) is 3.26. The topological polar surface area (TPSA) is 27.5 Å². The molecule has 72 valence electrons. The Bertz CT molecular complexity index is 150. The van der Waals surface area contributed by atoms with Crippen LogP contribution in [-0.4, -0.2) is 63.9 Å². The molecule has 0 bridgehead atoms. The highest BCUT2D eigenvalue weighted by atomic mass is 16.5. The lowest BCUT2D eigenvalue weighted by Crippen LogP contribution is -2.43. The number of ether oxygens (including phenoxy) is 1. The van der Waals surface area contributed by atoms with Gasteiger partial charge in [-0.3, -0.25) is 14.8 Å². The fraction of sp³-hybridized carbons (Fsp3) is 0.875. The summed E-state index contributed by atoms with van der Waals surface area (Å²) in [5.74, 6) is 1.09. The zero-order valence-corrected chi connectivity index (χ0v) is 8.72. The Morgan fingerprint density at radius 3 is 2.33 bits per heavy atom. The maximum absolute atomic E-state index is 4.94. The lowest BCUT2D eigenvalue weighted by molar-refractivity contribution is -0.472. The molecule has 0 aliphatic rings. The highest BCUT2D eigenvalue weighted by molar-refractivity contribution is 5.74. The summed E-state index contributed by atoms with van der Waals surface area (Å²) >= 11 is 0. The Morgan fingerprint density at radius 2 is 2.00 bits per heavy atom. The monoisotopic (exact) mass is 174 g/mol. The van der Waals surface area contributed by atoms with Gasteiger partial charge in [0.15, 0.2) is 0 Å². The molecule has 4 nitrogen and oxygen atoms in total. The van der Waals surface area contributed by atoms with Gasteiger partial charge in [0.1, 0.15) is 0 Å². The molecule has 0 saturated heterocycles. The van der Waals surface area contributed by atoms with Gasteiger partial charge in [-0.25, -0.2) is 0 Å². The largest absolute Gasteiger partial charge is 0.381 e. The van der Waals surface area contributed by atoms with Crippen molar-refractivity contribution in [3.8, 4) is 0 Å². The molecule has 0 heterocycles. The van der Waals surface area contributed by atoms with E-state index >= 15 is 0 Å². The van der Waals surface area contributed by atoms with Crippen LogP contribution in [0.5, 0.6) is 0 Å². The van der Waals surface area contributed by atoms with Gasteiger partial charge >= 0.3 is 5.96 Å². The van der Waals surface area contributed by atoms with Crippen LogP contribution in [-0.2, 0) is 4.74 Å². The van der Waals surface area contributed by atoms with Crippen molar-refractivity contribution in [2.45, 2.75) is 0 Å². The minimum absolute atomic E-state index is 0.727. The van der Waals surface area contributed by atoms with Crippen LogP contribution in [0.4, 0.5) is 0 Å². The summed E-state index contributed by atoms with van der Waals surface area (Å²) in [6, 6.07) is 0. The van der Waals surface area contributed by atoms with Crippen LogP contribution in [0.25, 0.3) is 0 Å². The molecule has 0 rings (SSSR count). The third kappa shape index (κ3) is 4.18. The third-order valence-electron chi connectivity index (χ3n) is 1.44. The SMILES string of the molecule is COCCNC(N(C)C)=[N+](C)C. The summed E-state index contributed by atoms with van der Waals surface area (Å²) in [4.78, 5) is 2.04. The van der Waals surface area contributed by atoms with Crippen molar-refractivity contribution in [3.05, 3.63) is 0 Å². The highest BCUT2D eigenvalue weighted by Gasteiger charge is 2.08. The van der Waals surface area contributed by atoms with Gasteiger partial charge < -0.3 is 4.74 Å². The van der Waals surface area contributed by atoms with Gasteiger partial charge in [0.2, 0.25) is 0 Å². The summed E-state index contributed by atoms with van der Waals surface area (Å²) in [5.41, 5.74) is 0. The van der Waals surface area contributed by atoms with E-state index in [0.717, 1.165) is 19.1 Å². The molecule has 0 radical (unpaired) electrons. The number of nitrogens with one attached hydrogen (secondary N) is 1. The first kappa shape index (κ1) is 11.2. The standard InChI is InChI=1S/C8H19N3O/c1-10(2)8(11(3)4)9-6-7-12-5/h6-7H2,1-5H3/p+1. The molecule has 0 aliphatic carbocycles. The predicted molar refractivity (Wildman–Crippen MR) is 50.7 cm³/mol. The van der Waals surface area contributed by atoms with Gasteiger partial charge in [-0.2, -0.15) is 0 Å². The van der Waals surface area contributed by atoms with E-state index in [4.69, 9.17) is 4.74 Å². The van der Waals surface area contributed by atoms with Crippen LogP contribution in [0.1, 0.15) is 0 Å². The van der Waals surface area contributed by atoms with Crippen molar-refractivity contribution in [2.75, 3.05) is 48.5 Å². The van der Waals surface area contributed by atoms with Gasteiger partial charge in [0, 0.05) is 7.11 Å². The van der Waals surface area contributed by atoms with E-state index in [1.54, 1.807) is 7.11 Å². The van der Waals surface area contributed by atoms with E-state index in [1.807, 2.05) is 37.7 Å². The molecule has 0 fully saturated rings. The normalized spacial score (nSPS) is 9.42. The van der Waals surface area contributed by atoms with Crippen molar-refractivity contribution >= 4 is 5.96 Å². The summed E-state index contributed by atoms with van der Waals surface area (Å²) in [6.45, 7) is 1.56. The van der Waals surface area contributed by atoms with E-state index in [-0.39, 0.29) is 0 Å². The fourth-order valence-electron chi connectivity index (χ4n) is 0.981. The Kier molecular flexibility index (Phi) is 5.45.